The Morgan fingerprint density at radius 2 is 2.38 bits per heavy atom. The highest BCUT2D eigenvalue weighted by Crippen LogP contribution is 2.32. The molecule has 1 aliphatic carbocycles. The van der Waals surface area contributed by atoms with E-state index in [0.29, 0.717) is 12.3 Å². The van der Waals surface area contributed by atoms with Crippen molar-refractivity contribution >= 4 is 0 Å². The maximum absolute atomic E-state index is 13.5. The second-order valence-electron chi connectivity index (χ2n) is 4.15. The monoisotopic (exact) mass is 182 g/mol. The molecule has 0 nitrogen and oxygen atoms in total. The van der Waals surface area contributed by atoms with Gasteiger partial charge in [-0.25, -0.2) is 4.39 Å². The molecule has 0 aromatic rings. The summed E-state index contributed by atoms with van der Waals surface area (Å²) in [4.78, 5) is 0. The van der Waals surface area contributed by atoms with Crippen LogP contribution in [0.25, 0.3) is 0 Å². The van der Waals surface area contributed by atoms with Gasteiger partial charge in [0.25, 0.3) is 0 Å². The van der Waals surface area contributed by atoms with Crippen molar-refractivity contribution in [3.8, 4) is 0 Å². The summed E-state index contributed by atoms with van der Waals surface area (Å²) >= 11 is 0. The van der Waals surface area contributed by atoms with Gasteiger partial charge in [-0.2, -0.15) is 0 Å². The molecule has 3 unspecified atom stereocenters. The highest BCUT2D eigenvalue weighted by atomic mass is 19.1. The van der Waals surface area contributed by atoms with E-state index in [4.69, 9.17) is 0 Å². The first-order valence-electron chi connectivity index (χ1n) is 5.05. The molecule has 0 aromatic carbocycles. The molecule has 0 radical (unpaired) electrons. The lowest BCUT2D eigenvalue weighted by Crippen LogP contribution is -2.19. The third-order valence-corrected chi connectivity index (χ3v) is 3.06. The van der Waals surface area contributed by atoms with Crippen molar-refractivity contribution < 1.29 is 4.39 Å². The molecule has 74 valence electrons. The van der Waals surface area contributed by atoms with Crippen LogP contribution in [0.15, 0.2) is 24.3 Å². The van der Waals surface area contributed by atoms with E-state index in [1.165, 1.54) is 5.57 Å². The lowest BCUT2D eigenvalue weighted by molar-refractivity contribution is 0.186. The van der Waals surface area contributed by atoms with Crippen molar-refractivity contribution in [1.29, 1.82) is 0 Å². The molecule has 0 heterocycles. The Kier molecular flexibility index (Phi) is 3.71. The zero-order valence-corrected chi connectivity index (χ0v) is 8.59. The highest BCUT2D eigenvalue weighted by molar-refractivity contribution is 5.05. The average Bonchev–Trinajstić information content (AvgIpc) is 2.21. The number of hydrogen-bond acceptors (Lipinski definition) is 0. The second-order valence-corrected chi connectivity index (χ2v) is 4.15. The molecule has 0 aromatic heterocycles. The van der Waals surface area contributed by atoms with E-state index in [-0.39, 0.29) is 5.92 Å². The Labute approximate surface area is 80.5 Å². The fourth-order valence-corrected chi connectivity index (χ4v) is 2.02. The van der Waals surface area contributed by atoms with Gasteiger partial charge in [0.15, 0.2) is 0 Å². The van der Waals surface area contributed by atoms with Crippen LogP contribution in [-0.4, -0.2) is 6.17 Å². The van der Waals surface area contributed by atoms with Crippen molar-refractivity contribution in [3.63, 3.8) is 0 Å². The summed E-state index contributed by atoms with van der Waals surface area (Å²) in [5.74, 6) is 0.623. The van der Waals surface area contributed by atoms with E-state index in [1.807, 2.05) is 19.1 Å². The largest absolute Gasteiger partial charge is 0.247 e. The Balaban J connectivity index is 2.69. The molecule has 0 saturated carbocycles. The molecule has 0 saturated heterocycles. The third-order valence-electron chi connectivity index (χ3n) is 3.06. The van der Waals surface area contributed by atoms with Gasteiger partial charge in [0.2, 0.25) is 0 Å². The summed E-state index contributed by atoms with van der Waals surface area (Å²) < 4.78 is 13.5. The molecular formula is C12H19F. The molecule has 0 N–H and O–H groups in total. The van der Waals surface area contributed by atoms with Crippen LogP contribution in [0.5, 0.6) is 0 Å². The first-order chi connectivity index (χ1) is 6.15. The van der Waals surface area contributed by atoms with Crippen LogP contribution < -0.4 is 0 Å². The maximum atomic E-state index is 13.5. The summed E-state index contributed by atoms with van der Waals surface area (Å²) in [6.07, 6.45) is 5.86. The van der Waals surface area contributed by atoms with E-state index < -0.39 is 6.17 Å². The molecule has 0 aliphatic heterocycles. The first-order valence-corrected chi connectivity index (χ1v) is 5.05. The van der Waals surface area contributed by atoms with E-state index in [1.54, 1.807) is 0 Å². The van der Waals surface area contributed by atoms with Gasteiger partial charge >= 0.3 is 0 Å². The van der Waals surface area contributed by atoms with Gasteiger partial charge in [-0.15, -0.1) is 6.58 Å². The molecule has 0 bridgehead atoms. The van der Waals surface area contributed by atoms with Gasteiger partial charge in [-0.1, -0.05) is 24.6 Å². The van der Waals surface area contributed by atoms with Crippen LogP contribution in [0.2, 0.25) is 0 Å². The minimum Gasteiger partial charge on any atom is -0.247 e. The van der Waals surface area contributed by atoms with Crippen LogP contribution in [0.1, 0.15) is 33.1 Å². The minimum absolute atomic E-state index is 0.173. The van der Waals surface area contributed by atoms with Crippen molar-refractivity contribution in [1.82, 2.24) is 0 Å². The molecule has 0 spiro atoms. The van der Waals surface area contributed by atoms with Gasteiger partial charge in [-0.05, 0) is 38.0 Å². The molecule has 0 fully saturated rings. The predicted molar refractivity (Wildman–Crippen MR) is 55.4 cm³/mol. The Morgan fingerprint density at radius 1 is 1.69 bits per heavy atom. The van der Waals surface area contributed by atoms with Gasteiger partial charge in [-0.3, -0.25) is 0 Å². The molecule has 1 rings (SSSR count). The van der Waals surface area contributed by atoms with Gasteiger partial charge < -0.3 is 0 Å². The van der Waals surface area contributed by atoms with Crippen LogP contribution in [0.4, 0.5) is 4.39 Å². The van der Waals surface area contributed by atoms with Crippen LogP contribution >= 0.6 is 0 Å². The molecule has 0 amide bonds. The zero-order chi connectivity index (χ0) is 9.84. The minimum atomic E-state index is -0.664. The highest BCUT2D eigenvalue weighted by Gasteiger charge is 2.26. The smallest absolute Gasteiger partial charge is 0.106 e. The van der Waals surface area contributed by atoms with Crippen LogP contribution in [0.3, 0.4) is 0 Å². The summed E-state index contributed by atoms with van der Waals surface area (Å²) in [6, 6.07) is 0. The van der Waals surface area contributed by atoms with E-state index >= 15 is 0 Å². The standard InChI is InChI=1S/C12H19F/c1-4-5-11-8-9(2)6-7-12(13)10(11)3/h4,6,10-12H,1,5,7-8H2,2-3H3. The van der Waals surface area contributed by atoms with Crippen LogP contribution in [-0.2, 0) is 0 Å². The zero-order valence-electron chi connectivity index (χ0n) is 8.59. The molecule has 1 heteroatoms. The molecule has 3 atom stereocenters. The van der Waals surface area contributed by atoms with Crippen molar-refractivity contribution in [2.45, 2.75) is 39.3 Å². The third kappa shape index (κ3) is 2.68. The molecular weight excluding hydrogens is 163 g/mol. The van der Waals surface area contributed by atoms with Crippen LogP contribution in [0, 0.1) is 11.8 Å². The van der Waals surface area contributed by atoms with E-state index in [9.17, 15) is 4.39 Å². The number of halogens is 1. The average molecular weight is 182 g/mol. The summed E-state index contributed by atoms with van der Waals surface area (Å²) in [5.41, 5.74) is 1.33. The van der Waals surface area contributed by atoms with Gasteiger partial charge in [0.1, 0.15) is 6.17 Å². The summed E-state index contributed by atoms with van der Waals surface area (Å²) in [7, 11) is 0. The van der Waals surface area contributed by atoms with Crippen molar-refractivity contribution in [2.75, 3.05) is 0 Å². The first kappa shape index (κ1) is 10.5. The van der Waals surface area contributed by atoms with E-state index in [2.05, 4.69) is 13.5 Å². The molecule has 1 aliphatic rings. The quantitative estimate of drug-likeness (QED) is 0.568. The lowest BCUT2D eigenvalue weighted by Gasteiger charge is -2.22. The Hall–Kier alpha value is -0.590. The summed E-state index contributed by atoms with van der Waals surface area (Å²) in [6.45, 7) is 7.85. The van der Waals surface area contributed by atoms with Gasteiger partial charge in [0.05, 0.1) is 0 Å². The van der Waals surface area contributed by atoms with Crippen molar-refractivity contribution in [3.05, 3.63) is 24.3 Å². The predicted octanol–water partition coefficient (Wildman–Crippen LogP) is 3.89. The number of rotatable bonds is 2. The van der Waals surface area contributed by atoms with E-state index in [0.717, 1.165) is 12.8 Å². The lowest BCUT2D eigenvalue weighted by atomic mass is 9.85. The number of alkyl halides is 1. The Bertz CT molecular complexity index is 205. The van der Waals surface area contributed by atoms with Gasteiger partial charge in [0, 0.05) is 0 Å². The normalized spacial score (nSPS) is 35.0. The second kappa shape index (κ2) is 4.59. The fraction of sp³-hybridized carbons (Fsp3) is 0.667. The topological polar surface area (TPSA) is 0 Å². The molecule has 13 heavy (non-hydrogen) atoms. The summed E-state index contributed by atoms with van der Waals surface area (Å²) in [5, 5.41) is 0. The SMILES string of the molecule is C=CCC1CC(C)=CCC(F)C1C. The fourth-order valence-electron chi connectivity index (χ4n) is 2.02. The Morgan fingerprint density at radius 3 is 3.00 bits per heavy atom. The van der Waals surface area contributed by atoms with Crippen molar-refractivity contribution in [2.24, 2.45) is 11.8 Å². The maximum Gasteiger partial charge on any atom is 0.106 e. The number of allylic oxidation sites excluding steroid dienone is 3. The number of hydrogen-bond donors (Lipinski definition) is 0.